The lowest BCUT2D eigenvalue weighted by Gasteiger charge is -2.31. The summed E-state index contributed by atoms with van der Waals surface area (Å²) in [5.74, 6) is 0.264. The molecule has 3 rings (SSSR count). The van der Waals surface area contributed by atoms with Gasteiger partial charge >= 0.3 is 0 Å². The maximum absolute atomic E-state index is 12.2. The zero-order chi connectivity index (χ0) is 14.3. The van der Waals surface area contributed by atoms with E-state index in [1.807, 2.05) is 0 Å². The molecule has 110 valence electrons. The van der Waals surface area contributed by atoms with Crippen molar-refractivity contribution in [3.8, 4) is 0 Å². The number of nitrogens with zero attached hydrogens (tertiary/aromatic N) is 2. The van der Waals surface area contributed by atoms with Crippen molar-refractivity contribution in [3.63, 3.8) is 0 Å². The second-order valence-corrected chi connectivity index (χ2v) is 7.64. The summed E-state index contributed by atoms with van der Waals surface area (Å²) in [6, 6.07) is 0. The number of carbonyl (C=O) groups is 1. The van der Waals surface area contributed by atoms with Crippen LogP contribution in [0.2, 0.25) is 0 Å². The SMILES string of the molecule is COC1CCCN(c2nc3c(s2)C(=O)CC(C)(C)C3)C1. The fraction of sp³-hybridized carbons (Fsp3) is 0.733. The van der Waals surface area contributed by atoms with Crippen LogP contribution >= 0.6 is 11.3 Å². The van der Waals surface area contributed by atoms with E-state index in [-0.39, 0.29) is 17.3 Å². The molecule has 0 bridgehead atoms. The fourth-order valence-corrected chi connectivity index (χ4v) is 4.20. The van der Waals surface area contributed by atoms with E-state index in [1.165, 1.54) is 0 Å². The van der Waals surface area contributed by atoms with Crippen LogP contribution in [0.1, 0.15) is 48.5 Å². The van der Waals surface area contributed by atoms with E-state index in [0.717, 1.165) is 48.1 Å². The maximum Gasteiger partial charge on any atom is 0.186 e. The molecule has 2 aliphatic rings. The molecule has 1 atom stereocenters. The highest BCUT2D eigenvalue weighted by Crippen LogP contribution is 2.39. The second kappa shape index (κ2) is 5.11. The van der Waals surface area contributed by atoms with Crippen molar-refractivity contribution in [2.45, 2.75) is 45.6 Å². The summed E-state index contributed by atoms with van der Waals surface area (Å²) in [6.45, 7) is 6.20. The highest BCUT2D eigenvalue weighted by atomic mass is 32.1. The number of ether oxygens (including phenoxy) is 1. The second-order valence-electron chi connectivity index (χ2n) is 6.66. The minimum absolute atomic E-state index is 0.0480. The molecule has 0 amide bonds. The van der Waals surface area contributed by atoms with Crippen molar-refractivity contribution in [3.05, 3.63) is 10.6 Å². The van der Waals surface area contributed by atoms with Crippen LogP contribution in [0.25, 0.3) is 0 Å². The molecule has 20 heavy (non-hydrogen) atoms. The van der Waals surface area contributed by atoms with Crippen LogP contribution in [0.15, 0.2) is 0 Å². The lowest BCUT2D eigenvalue weighted by atomic mass is 9.78. The third kappa shape index (κ3) is 2.61. The molecule has 1 unspecified atom stereocenters. The average molecular weight is 294 g/mol. The van der Waals surface area contributed by atoms with E-state index >= 15 is 0 Å². The summed E-state index contributed by atoms with van der Waals surface area (Å²) < 4.78 is 5.47. The minimum atomic E-state index is 0.0480. The zero-order valence-corrected chi connectivity index (χ0v) is 13.3. The number of carbonyl (C=O) groups excluding carboxylic acids is 1. The van der Waals surface area contributed by atoms with Crippen molar-refractivity contribution in [1.29, 1.82) is 0 Å². The Balaban J connectivity index is 1.85. The number of anilines is 1. The number of aromatic nitrogens is 1. The smallest absolute Gasteiger partial charge is 0.186 e. The third-order valence-electron chi connectivity index (χ3n) is 4.21. The lowest BCUT2D eigenvalue weighted by Crippen LogP contribution is -2.39. The Morgan fingerprint density at radius 2 is 2.20 bits per heavy atom. The topological polar surface area (TPSA) is 42.4 Å². The van der Waals surface area contributed by atoms with Crippen molar-refractivity contribution in [2.24, 2.45) is 5.41 Å². The van der Waals surface area contributed by atoms with Crippen molar-refractivity contribution in [2.75, 3.05) is 25.1 Å². The number of hydrogen-bond donors (Lipinski definition) is 0. The summed E-state index contributed by atoms with van der Waals surface area (Å²) in [5, 5.41) is 1.00. The Kier molecular flexibility index (Phi) is 3.58. The molecule has 2 heterocycles. The standard InChI is InChI=1S/C15H22N2O2S/c1-15(2)7-11-13(12(18)8-15)20-14(16-11)17-6-4-5-10(9-17)19-3/h10H,4-9H2,1-3H3. The number of piperidine rings is 1. The molecule has 5 heteroatoms. The Labute approximate surface area is 124 Å². The van der Waals surface area contributed by atoms with E-state index < -0.39 is 0 Å². The van der Waals surface area contributed by atoms with Gasteiger partial charge in [-0.05, 0) is 24.7 Å². The van der Waals surface area contributed by atoms with Gasteiger partial charge in [0, 0.05) is 26.6 Å². The highest BCUT2D eigenvalue weighted by Gasteiger charge is 2.35. The summed E-state index contributed by atoms with van der Waals surface area (Å²) in [4.78, 5) is 20.2. The first-order valence-corrected chi connectivity index (χ1v) is 8.11. The third-order valence-corrected chi connectivity index (χ3v) is 5.41. The van der Waals surface area contributed by atoms with Crippen LogP contribution in [0.4, 0.5) is 5.13 Å². The van der Waals surface area contributed by atoms with E-state index in [2.05, 4.69) is 18.7 Å². The van der Waals surface area contributed by atoms with Crippen molar-refractivity contribution >= 4 is 22.3 Å². The van der Waals surface area contributed by atoms with Crippen LogP contribution < -0.4 is 4.90 Å². The molecule has 1 aromatic rings. The van der Waals surface area contributed by atoms with E-state index in [9.17, 15) is 4.79 Å². The minimum Gasteiger partial charge on any atom is -0.380 e. The molecule has 4 nitrogen and oxygen atoms in total. The van der Waals surface area contributed by atoms with Crippen molar-refractivity contribution < 1.29 is 9.53 Å². The van der Waals surface area contributed by atoms with Crippen LogP contribution in [-0.4, -0.2) is 37.1 Å². The summed E-state index contributed by atoms with van der Waals surface area (Å²) in [5.41, 5.74) is 1.05. The van der Waals surface area contributed by atoms with Gasteiger partial charge in [-0.25, -0.2) is 4.98 Å². The van der Waals surface area contributed by atoms with Gasteiger partial charge < -0.3 is 9.64 Å². The molecule has 1 aromatic heterocycles. The Morgan fingerprint density at radius 3 is 2.95 bits per heavy atom. The first-order chi connectivity index (χ1) is 9.48. The van der Waals surface area contributed by atoms with Gasteiger partial charge in [0.05, 0.1) is 16.7 Å². The maximum atomic E-state index is 12.2. The van der Waals surface area contributed by atoms with Crippen molar-refractivity contribution in [1.82, 2.24) is 4.98 Å². The van der Waals surface area contributed by atoms with Crippen LogP contribution in [0, 0.1) is 5.41 Å². The van der Waals surface area contributed by atoms with E-state index in [0.29, 0.717) is 6.42 Å². The van der Waals surface area contributed by atoms with Gasteiger partial charge in [0.25, 0.3) is 0 Å². The highest BCUT2D eigenvalue weighted by molar-refractivity contribution is 7.17. The van der Waals surface area contributed by atoms with Gasteiger partial charge in [-0.15, -0.1) is 0 Å². The quantitative estimate of drug-likeness (QED) is 0.841. The molecule has 0 radical (unpaired) electrons. The summed E-state index contributed by atoms with van der Waals surface area (Å²) >= 11 is 1.57. The zero-order valence-electron chi connectivity index (χ0n) is 12.4. The number of Topliss-reactive ketones (excluding diaryl/α,β-unsaturated/α-hetero) is 1. The normalized spacial score (nSPS) is 25.6. The van der Waals surface area contributed by atoms with Gasteiger partial charge in [0.1, 0.15) is 0 Å². The predicted octanol–water partition coefficient (Wildman–Crippen LogP) is 2.91. The van der Waals surface area contributed by atoms with Gasteiger partial charge in [-0.3, -0.25) is 4.79 Å². The van der Waals surface area contributed by atoms with Crippen LogP contribution in [0.3, 0.4) is 0 Å². The molecule has 1 saturated heterocycles. The summed E-state index contributed by atoms with van der Waals surface area (Å²) in [6.07, 6.45) is 4.08. The molecule has 1 fully saturated rings. The first kappa shape index (κ1) is 14.0. The first-order valence-electron chi connectivity index (χ1n) is 7.29. The van der Waals surface area contributed by atoms with E-state index in [4.69, 9.17) is 9.72 Å². The van der Waals surface area contributed by atoms with Gasteiger partial charge in [-0.2, -0.15) is 0 Å². The molecular weight excluding hydrogens is 272 g/mol. The van der Waals surface area contributed by atoms with Crippen LogP contribution in [-0.2, 0) is 11.2 Å². The lowest BCUT2D eigenvalue weighted by molar-refractivity contribution is 0.0892. The number of fused-ring (bicyclic) bond motifs is 1. The average Bonchev–Trinajstić information content (AvgIpc) is 2.81. The molecular formula is C15H22N2O2S. The number of methoxy groups -OCH3 is 1. The number of ketones is 1. The molecule has 1 aliphatic heterocycles. The molecule has 0 saturated carbocycles. The number of rotatable bonds is 2. The number of thiazole rings is 1. The summed E-state index contributed by atoms with van der Waals surface area (Å²) in [7, 11) is 1.77. The molecule has 0 aromatic carbocycles. The van der Waals surface area contributed by atoms with Gasteiger partial charge in [0.2, 0.25) is 0 Å². The molecule has 0 spiro atoms. The Morgan fingerprint density at radius 1 is 1.40 bits per heavy atom. The van der Waals surface area contributed by atoms with Gasteiger partial charge in [-0.1, -0.05) is 25.2 Å². The molecule has 0 N–H and O–H groups in total. The van der Waals surface area contributed by atoms with E-state index in [1.54, 1.807) is 18.4 Å². The van der Waals surface area contributed by atoms with Crippen LogP contribution in [0.5, 0.6) is 0 Å². The monoisotopic (exact) mass is 294 g/mol. The Hall–Kier alpha value is -0.940. The van der Waals surface area contributed by atoms with Gasteiger partial charge in [0.15, 0.2) is 10.9 Å². The molecule has 1 aliphatic carbocycles. The predicted molar refractivity (Wildman–Crippen MR) is 80.8 cm³/mol. The Bertz CT molecular complexity index is 524. The fourth-order valence-electron chi connectivity index (χ4n) is 3.15. The largest absolute Gasteiger partial charge is 0.380 e. The number of hydrogen-bond acceptors (Lipinski definition) is 5.